The molecule has 9 heteroatoms. The molecule has 33 heavy (non-hydrogen) atoms. The van der Waals surface area contributed by atoms with Crippen molar-refractivity contribution in [2.45, 2.75) is 38.0 Å². The van der Waals surface area contributed by atoms with E-state index in [1.165, 1.54) is 6.21 Å². The molecule has 1 aliphatic rings. The highest BCUT2D eigenvalue weighted by Gasteiger charge is 2.29. The number of nitrogens with two attached hydrogens (primary N) is 1. The summed E-state index contributed by atoms with van der Waals surface area (Å²) >= 11 is 0. The lowest BCUT2D eigenvalue weighted by atomic mass is 9.84. The van der Waals surface area contributed by atoms with Gasteiger partial charge < -0.3 is 11.1 Å². The number of hydrogen-bond acceptors (Lipinski definition) is 6. The maximum absolute atomic E-state index is 12.9. The van der Waals surface area contributed by atoms with E-state index in [2.05, 4.69) is 15.3 Å². The Morgan fingerprint density at radius 2 is 2.03 bits per heavy atom. The summed E-state index contributed by atoms with van der Waals surface area (Å²) in [5.41, 5.74) is 7.81. The number of hydrogen-bond donors (Lipinski definition) is 2. The molecular formula is C24H26N4O4S. The molecule has 0 saturated carbocycles. The molecule has 8 nitrogen and oxygen atoms in total. The molecule has 0 fully saturated rings. The van der Waals surface area contributed by atoms with E-state index in [4.69, 9.17) is 5.73 Å². The normalized spacial score (nSPS) is 16.7. The number of pyridine rings is 1. The lowest BCUT2D eigenvalue weighted by Gasteiger charge is -2.22. The van der Waals surface area contributed by atoms with Gasteiger partial charge in [0.2, 0.25) is 5.91 Å². The predicted octanol–water partition coefficient (Wildman–Crippen LogP) is 2.51. The van der Waals surface area contributed by atoms with Crippen LogP contribution in [-0.4, -0.2) is 38.8 Å². The molecular weight excluding hydrogens is 440 g/mol. The fourth-order valence-corrected chi connectivity index (χ4v) is 4.43. The largest absolute Gasteiger partial charge is 0.404 e. The highest BCUT2D eigenvalue weighted by molar-refractivity contribution is 7.85. The molecule has 1 aromatic heterocycles. The molecule has 1 aromatic carbocycles. The number of rotatable bonds is 7. The molecule has 3 N–H and O–H groups in total. The second-order valence-corrected chi connectivity index (χ2v) is 9.37. The maximum Gasteiger partial charge on any atom is 0.270 e. The zero-order valence-corrected chi connectivity index (χ0v) is 19.4. The van der Waals surface area contributed by atoms with Gasteiger partial charge >= 0.3 is 0 Å². The first-order valence-electron chi connectivity index (χ1n) is 10.6. The summed E-state index contributed by atoms with van der Waals surface area (Å²) in [4.78, 5) is 45.9. The number of carbonyl (C=O) groups is 3. The minimum Gasteiger partial charge on any atom is -0.404 e. The Morgan fingerprint density at radius 1 is 1.30 bits per heavy atom. The molecule has 3 rings (SSSR count). The van der Waals surface area contributed by atoms with Crippen molar-refractivity contribution in [3.05, 3.63) is 65.0 Å². The van der Waals surface area contributed by atoms with Crippen LogP contribution in [0.2, 0.25) is 0 Å². The Balaban J connectivity index is 1.69. The van der Waals surface area contributed by atoms with Crippen LogP contribution in [0, 0.1) is 12.8 Å². The second kappa shape index (κ2) is 10.9. The van der Waals surface area contributed by atoms with E-state index in [0.717, 1.165) is 22.7 Å². The van der Waals surface area contributed by atoms with Crippen molar-refractivity contribution in [1.82, 2.24) is 4.98 Å². The van der Waals surface area contributed by atoms with Crippen molar-refractivity contribution in [3.63, 3.8) is 0 Å². The average Bonchev–Trinajstić information content (AvgIpc) is 2.78. The van der Waals surface area contributed by atoms with Crippen LogP contribution < -0.4 is 11.1 Å². The van der Waals surface area contributed by atoms with Gasteiger partial charge in [-0.15, -0.1) is 0 Å². The number of ketones is 1. The van der Waals surface area contributed by atoms with E-state index >= 15 is 0 Å². The molecule has 1 aliphatic carbocycles. The number of fused-ring (bicyclic) bond motifs is 1. The van der Waals surface area contributed by atoms with Gasteiger partial charge in [0, 0.05) is 28.5 Å². The lowest BCUT2D eigenvalue weighted by Crippen LogP contribution is -2.27. The van der Waals surface area contributed by atoms with Crippen molar-refractivity contribution >= 4 is 40.4 Å². The summed E-state index contributed by atoms with van der Waals surface area (Å²) in [5.74, 6) is -0.455. The number of Topliss-reactive ketones (excluding diaryl/α,β-unsaturated/α-hetero) is 1. The van der Waals surface area contributed by atoms with Gasteiger partial charge in [0.25, 0.3) is 5.91 Å². The third kappa shape index (κ3) is 6.07. The first kappa shape index (κ1) is 24.2. The highest BCUT2D eigenvalue weighted by atomic mass is 32.2. The Kier molecular flexibility index (Phi) is 8.00. The number of anilines is 1. The summed E-state index contributed by atoms with van der Waals surface area (Å²) in [7, 11) is -1.03. The Morgan fingerprint density at radius 3 is 2.70 bits per heavy atom. The second-order valence-electron chi connectivity index (χ2n) is 7.63. The number of aliphatic imine (C=N–C) groups is 1. The molecule has 0 saturated heterocycles. The Labute approximate surface area is 194 Å². The zero-order valence-electron chi connectivity index (χ0n) is 18.5. The van der Waals surface area contributed by atoms with E-state index in [-0.39, 0.29) is 18.1 Å². The number of nitrogens with zero attached hydrogens (tertiary/aromatic N) is 2. The number of carbonyl (C=O) groups excluding carboxylic acids is 3. The van der Waals surface area contributed by atoms with Gasteiger partial charge in [-0.2, -0.15) is 0 Å². The number of aryl methyl sites for hydroxylation is 2. The number of nitrogens with one attached hydrogen (secondary N) is 1. The quantitative estimate of drug-likeness (QED) is 0.476. The van der Waals surface area contributed by atoms with E-state index in [9.17, 15) is 18.6 Å². The van der Waals surface area contributed by atoms with Gasteiger partial charge in [-0.25, -0.2) is 9.98 Å². The van der Waals surface area contributed by atoms with Crippen LogP contribution in [0.15, 0.2) is 52.5 Å². The van der Waals surface area contributed by atoms with Crippen molar-refractivity contribution in [3.8, 4) is 0 Å². The van der Waals surface area contributed by atoms with E-state index in [0.29, 0.717) is 41.2 Å². The van der Waals surface area contributed by atoms with Gasteiger partial charge in [-0.05, 0) is 55.3 Å². The van der Waals surface area contributed by atoms with Crippen molar-refractivity contribution in [2.75, 3.05) is 11.1 Å². The van der Waals surface area contributed by atoms with Gasteiger partial charge in [0.05, 0.1) is 28.8 Å². The molecule has 0 bridgehead atoms. The molecule has 2 amide bonds. The van der Waals surface area contributed by atoms with Crippen LogP contribution in [0.3, 0.4) is 0 Å². The van der Waals surface area contributed by atoms with E-state index < -0.39 is 22.6 Å². The zero-order chi connectivity index (χ0) is 24.0. The Hall–Kier alpha value is -3.46. The molecule has 0 spiro atoms. The van der Waals surface area contributed by atoms with Crippen LogP contribution >= 0.6 is 0 Å². The minimum absolute atomic E-state index is 0.142. The highest BCUT2D eigenvalue weighted by Crippen LogP contribution is 2.28. The van der Waals surface area contributed by atoms with Gasteiger partial charge in [-0.1, -0.05) is 19.1 Å². The summed E-state index contributed by atoms with van der Waals surface area (Å²) in [5, 5.41) is 2.80. The standard InChI is InChI=1S/C24H26N4O4S/c1-3-33(32)18-7-4-16(5-8-18)13-22(30)28-20-12-15(2)23-19(27-20)9-6-17(24(23)31)14-26-21(29)10-11-25/h4-5,7-8,10-12,14,17H,3,6,9,13,25H2,1-2H3,(H,27,28,30). The van der Waals surface area contributed by atoms with Crippen molar-refractivity contribution in [2.24, 2.45) is 16.6 Å². The van der Waals surface area contributed by atoms with Gasteiger partial charge in [0.15, 0.2) is 5.78 Å². The van der Waals surface area contributed by atoms with Crippen LogP contribution in [0.25, 0.3) is 0 Å². The number of amides is 2. The predicted molar refractivity (Wildman–Crippen MR) is 128 cm³/mol. The lowest BCUT2D eigenvalue weighted by molar-refractivity contribution is -0.115. The summed E-state index contributed by atoms with van der Waals surface area (Å²) in [6.07, 6.45) is 4.75. The fraction of sp³-hybridized carbons (Fsp3) is 0.292. The smallest absolute Gasteiger partial charge is 0.270 e. The molecule has 2 aromatic rings. The molecule has 1 heterocycles. The summed E-state index contributed by atoms with van der Waals surface area (Å²) in [6, 6.07) is 8.80. The van der Waals surface area contributed by atoms with Crippen LogP contribution in [0.5, 0.6) is 0 Å². The molecule has 2 unspecified atom stereocenters. The van der Waals surface area contributed by atoms with Crippen LogP contribution in [0.4, 0.5) is 5.82 Å². The average molecular weight is 467 g/mol. The van der Waals surface area contributed by atoms with Gasteiger partial charge in [-0.3, -0.25) is 18.6 Å². The SMILES string of the molecule is CCS(=O)c1ccc(CC(=O)Nc2cc(C)c3c(n2)CCC(C=NC(=O)C=CN)C3=O)cc1. The molecule has 172 valence electrons. The monoisotopic (exact) mass is 466 g/mol. The number of aromatic nitrogens is 1. The van der Waals surface area contributed by atoms with Gasteiger partial charge in [0.1, 0.15) is 5.82 Å². The Bertz CT molecular complexity index is 1160. The van der Waals surface area contributed by atoms with E-state index in [1.807, 2.05) is 6.92 Å². The van der Waals surface area contributed by atoms with Crippen molar-refractivity contribution < 1.29 is 18.6 Å². The minimum atomic E-state index is -1.03. The molecule has 0 radical (unpaired) electrons. The fourth-order valence-electron chi connectivity index (χ4n) is 3.66. The topological polar surface area (TPSA) is 132 Å². The van der Waals surface area contributed by atoms with Crippen LogP contribution in [0.1, 0.15) is 40.5 Å². The third-order valence-corrected chi connectivity index (χ3v) is 6.59. The van der Waals surface area contributed by atoms with E-state index in [1.54, 1.807) is 37.3 Å². The van der Waals surface area contributed by atoms with Crippen LogP contribution in [-0.2, 0) is 33.2 Å². The maximum atomic E-state index is 12.9. The number of benzene rings is 1. The molecule has 0 aliphatic heterocycles. The first-order chi connectivity index (χ1) is 15.8. The summed E-state index contributed by atoms with van der Waals surface area (Å²) in [6.45, 7) is 3.65. The third-order valence-electron chi connectivity index (χ3n) is 5.27. The summed E-state index contributed by atoms with van der Waals surface area (Å²) < 4.78 is 11.8. The van der Waals surface area contributed by atoms with Crippen molar-refractivity contribution in [1.29, 1.82) is 0 Å². The first-order valence-corrected chi connectivity index (χ1v) is 11.9. The molecule has 2 atom stereocenters.